The van der Waals surface area contributed by atoms with Crippen LogP contribution in [0.3, 0.4) is 0 Å². The van der Waals surface area contributed by atoms with Crippen molar-refractivity contribution in [2.75, 3.05) is 0 Å². The zero-order valence-electron chi connectivity index (χ0n) is 35.1. The van der Waals surface area contributed by atoms with Gasteiger partial charge in [0.1, 0.15) is 0 Å². The van der Waals surface area contributed by atoms with Crippen LogP contribution in [0.2, 0.25) is 0 Å². The molecule has 1 aliphatic carbocycles. The highest BCUT2D eigenvalue weighted by molar-refractivity contribution is 5.90. The van der Waals surface area contributed by atoms with Crippen molar-refractivity contribution in [1.82, 2.24) is 4.57 Å². The first-order valence-electron chi connectivity index (χ1n) is 20.7. The Hall–Kier alpha value is -6.18. The number of aryl methyl sites for hydroxylation is 1. The first kappa shape index (κ1) is 42.0. The van der Waals surface area contributed by atoms with E-state index in [4.69, 9.17) is 0 Å². The second kappa shape index (κ2) is 20.1. The van der Waals surface area contributed by atoms with Gasteiger partial charge in [0.05, 0.1) is 10.9 Å². The molecule has 6 aromatic rings. The van der Waals surface area contributed by atoms with E-state index in [0.717, 1.165) is 40.7 Å². The van der Waals surface area contributed by atoms with E-state index in [9.17, 15) is 0 Å². The summed E-state index contributed by atoms with van der Waals surface area (Å²) < 4.78 is 2.39. The topological polar surface area (TPSA) is 4.93 Å². The van der Waals surface area contributed by atoms with E-state index in [1.807, 2.05) is 52.8 Å². The van der Waals surface area contributed by atoms with Crippen molar-refractivity contribution in [2.24, 2.45) is 0 Å². The van der Waals surface area contributed by atoms with Crippen LogP contribution in [0.25, 0.3) is 33.3 Å². The molecule has 0 radical (unpaired) electrons. The molecule has 0 fully saturated rings. The first-order chi connectivity index (χ1) is 28.0. The highest BCUT2D eigenvalue weighted by atomic mass is 15.0. The van der Waals surface area contributed by atoms with Crippen LogP contribution >= 0.6 is 0 Å². The molecule has 0 saturated heterocycles. The van der Waals surface area contributed by atoms with Gasteiger partial charge in [0, 0.05) is 11.4 Å². The molecule has 0 aliphatic heterocycles. The molecule has 0 bridgehead atoms. The standard InChI is InChI=1S/C52H47N.2C2H6/c1-6-9-12-22-38(4)45-30-21-33-48(44(45)8-3)52(49-31-18-16-28-46(49)47-29-17-19-32-50(47)52)42-34-35-51-41(37-42)25-20-24-40(23-13-10-7-2)36-39(5)53(51)43-26-14-11-15-27-43;2*1-2/h6-7,9-22,24-37H,2,4,8,23H2,1,3,5H3;2*1-2H3/b9-6-,13-10-,22-12-,25-20?,39-36?,40-24?;;. The van der Waals surface area contributed by atoms with Gasteiger partial charge in [-0.15, -0.1) is 0 Å². The third-order valence-electron chi connectivity index (χ3n) is 10.5. The Bertz CT molecular complexity index is 2420. The summed E-state index contributed by atoms with van der Waals surface area (Å²) in [6, 6.07) is 51.7. The lowest BCUT2D eigenvalue weighted by Crippen LogP contribution is -2.30. The molecule has 1 heteroatoms. The van der Waals surface area contributed by atoms with Crippen molar-refractivity contribution in [3.8, 4) is 16.8 Å². The number of allylic oxidation sites excluding steroid dienone is 8. The van der Waals surface area contributed by atoms with Crippen LogP contribution in [0.5, 0.6) is 0 Å². The van der Waals surface area contributed by atoms with E-state index in [1.54, 1.807) is 0 Å². The number of fused-ring (bicyclic) bond motifs is 4. The number of nitrogens with zero attached hydrogens (tertiary/aromatic N) is 1. The van der Waals surface area contributed by atoms with Gasteiger partial charge in [0.2, 0.25) is 0 Å². The maximum atomic E-state index is 4.56. The minimum absolute atomic E-state index is 0.553. The third-order valence-corrected chi connectivity index (χ3v) is 10.5. The molecule has 0 unspecified atom stereocenters. The second-order valence-electron chi connectivity index (χ2n) is 13.6. The molecule has 0 spiro atoms. The van der Waals surface area contributed by atoms with Crippen molar-refractivity contribution in [2.45, 2.75) is 66.7 Å². The van der Waals surface area contributed by atoms with Gasteiger partial charge >= 0.3 is 0 Å². The number of hydrogen-bond donors (Lipinski definition) is 0. The van der Waals surface area contributed by atoms with Crippen LogP contribution in [0, 0.1) is 6.92 Å². The fourth-order valence-corrected chi connectivity index (χ4v) is 8.30. The Morgan fingerprint density at radius 2 is 1.30 bits per heavy atom. The lowest BCUT2D eigenvalue weighted by Gasteiger charge is -2.36. The van der Waals surface area contributed by atoms with E-state index in [2.05, 4.69) is 195 Å². The zero-order chi connectivity index (χ0) is 40.8. The molecule has 0 N–H and O–H groups in total. The predicted octanol–water partition coefficient (Wildman–Crippen LogP) is 15.5. The van der Waals surface area contributed by atoms with Crippen molar-refractivity contribution in [1.29, 1.82) is 0 Å². The molecule has 288 valence electrons. The van der Waals surface area contributed by atoms with Gasteiger partial charge in [-0.3, -0.25) is 0 Å². The second-order valence-corrected chi connectivity index (χ2v) is 13.6. The van der Waals surface area contributed by atoms with E-state index in [1.165, 1.54) is 50.1 Å². The molecule has 0 amide bonds. The van der Waals surface area contributed by atoms with Gasteiger partial charge in [-0.1, -0.05) is 200 Å². The summed E-state index contributed by atoms with van der Waals surface area (Å²) >= 11 is 0. The Morgan fingerprint density at radius 1 is 0.667 bits per heavy atom. The van der Waals surface area contributed by atoms with Gasteiger partial charge in [-0.2, -0.15) is 0 Å². The molecule has 57 heavy (non-hydrogen) atoms. The Balaban J connectivity index is 0.00000150. The van der Waals surface area contributed by atoms with Gasteiger partial charge in [0.15, 0.2) is 0 Å². The van der Waals surface area contributed by atoms with Crippen LogP contribution in [0.4, 0.5) is 0 Å². The van der Waals surface area contributed by atoms with Crippen LogP contribution < -0.4 is 0 Å². The minimum Gasteiger partial charge on any atom is -0.314 e. The maximum absolute atomic E-state index is 4.56. The van der Waals surface area contributed by atoms with E-state index in [0.29, 0.717) is 0 Å². The molecule has 0 saturated carbocycles. The molecule has 5 aromatic carbocycles. The van der Waals surface area contributed by atoms with Gasteiger partial charge in [-0.05, 0) is 118 Å². The molecule has 7 rings (SSSR count). The van der Waals surface area contributed by atoms with Crippen LogP contribution in [-0.4, -0.2) is 4.57 Å². The zero-order valence-corrected chi connectivity index (χ0v) is 35.1. The van der Waals surface area contributed by atoms with Crippen molar-refractivity contribution < 1.29 is 0 Å². The summed E-state index contributed by atoms with van der Waals surface area (Å²) in [4.78, 5) is 0. The van der Waals surface area contributed by atoms with E-state index >= 15 is 0 Å². The molecule has 0 atom stereocenters. The summed E-state index contributed by atoms with van der Waals surface area (Å²) in [5.41, 5.74) is 15.3. The fourth-order valence-electron chi connectivity index (χ4n) is 8.30. The van der Waals surface area contributed by atoms with Crippen LogP contribution in [0.1, 0.15) is 86.2 Å². The summed E-state index contributed by atoms with van der Waals surface area (Å²) in [6.45, 7) is 23.0. The van der Waals surface area contributed by atoms with Crippen molar-refractivity contribution in [3.05, 3.63) is 240 Å². The Kier molecular flexibility index (Phi) is 14.8. The SMILES string of the molecule is C=C/C=C\Cc1cccc2cc(C3(c4cccc(C(=C)/C=C\C=C/C)c4CC)c4ccccc4-c4ccccc43)ccc2n(-c2ccccc2)c(C)c1.CC.CC. The number of hydrogen-bond acceptors (Lipinski definition) is 0. The average molecular weight is 746 g/mol. The normalized spacial score (nSPS) is 12.3. The average Bonchev–Trinajstić information content (AvgIpc) is 3.59. The lowest BCUT2D eigenvalue weighted by atomic mass is 9.65. The van der Waals surface area contributed by atoms with Gasteiger partial charge in [0.25, 0.3) is 0 Å². The van der Waals surface area contributed by atoms with Crippen LogP contribution in [-0.2, 0) is 18.3 Å². The Labute approximate surface area is 343 Å². The summed E-state index contributed by atoms with van der Waals surface area (Å²) in [5.74, 6) is 0. The molecular formula is C56H59N. The predicted molar refractivity (Wildman–Crippen MR) is 251 cm³/mol. The van der Waals surface area contributed by atoms with E-state index in [-0.39, 0.29) is 0 Å². The van der Waals surface area contributed by atoms with Gasteiger partial charge < -0.3 is 4.57 Å². The minimum atomic E-state index is -0.553. The van der Waals surface area contributed by atoms with Crippen molar-refractivity contribution in [3.63, 3.8) is 0 Å². The highest BCUT2D eigenvalue weighted by Gasteiger charge is 2.47. The first-order valence-corrected chi connectivity index (χ1v) is 20.7. The Morgan fingerprint density at radius 3 is 1.95 bits per heavy atom. The lowest BCUT2D eigenvalue weighted by molar-refractivity contribution is 0.754. The number of benzene rings is 5. The summed E-state index contributed by atoms with van der Waals surface area (Å²) in [5, 5.41) is 1.16. The highest BCUT2D eigenvalue weighted by Crippen LogP contribution is 2.57. The smallest absolute Gasteiger partial charge is 0.0716 e. The summed E-state index contributed by atoms with van der Waals surface area (Å²) in [6.07, 6.45) is 16.0. The number of para-hydroxylation sites is 1. The molecular weight excluding hydrogens is 687 g/mol. The summed E-state index contributed by atoms with van der Waals surface area (Å²) in [7, 11) is 0. The largest absolute Gasteiger partial charge is 0.314 e. The van der Waals surface area contributed by atoms with Crippen molar-refractivity contribution >= 4 is 16.5 Å². The molecule has 1 aromatic heterocycles. The van der Waals surface area contributed by atoms with E-state index < -0.39 is 5.41 Å². The number of rotatable bonds is 10. The molecule has 1 heterocycles. The monoisotopic (exact) mass is 745 g/mol. The van der Waals surface area contributed by atoms with Gasteiger partial charge in [-0.25, -0.2) is 0 Å². The van der Waals surface area contributed by atoms with Crippen LogP contribution in [0.15, 0.2) is 195 Å². The molecule has 1 aliphatic rings. The quantitative estimate of drug-likeness (QED) is 0.123. The number of aromatic nitrogens is 1. The third kappa shape index (κ3) is 8.35. The fraction of sp³-hybridized carbons (Fsp3) is 0.179. The maximum Gasteiger partial charge on any atom is 0.0716 e. The molecule has 1 nitrogen and oxygen atoms in total.